The number of nitrogens with one attached hydrogen (secondary N) is 1. The van der Waals surface area contributed by atoms with Crippen LogP contribution in [0.1, 0.15) is 0 Å². The summed E-state index contributed by atoms with van der Waals surface area (Å²) < 4.78 is 4.46. The molecule has 0 fully saturated rings. The highest BCUT2D eigenvalue weighted by atomic mass is 16.6. The Morgan fingerprint density at radius 2 is 2.35 bits per heavy atom. The van der Waals surface area contributed by atoms with Crippen molar-refractivity contribution in [2.24, 2.45) is 0 Å². The highest BCUT2D eigenvalue weighted by molar-refractivity contribution is 5.79. The second kappa shape index (κ2) is 5.80. The molecular weight excluding hydrogens is 228 g/mol. The number of carbonyl (C=O) groups excluding carboxylic acids is 1. The van der Waals surface area contributed by atoms with Gasteiger partial charge in [0, 0.05) is 17.8 Å². The van der Waals surface area contributed by atoms with Crippen LogP contribution < -0.4 is 5.32 Å². The molecule has 7 nitrogen and oxygen atoms in total. The third-order valence-electron chi connectivity index (χ3n) is 2.07. The van der Waals surface area contributed by atoms with Gasteiger partial charge in [0.25, 0.3) is 5.69 Å². The number of aliphatic hydroxyl groups excluding tert-OH is 1. The molecule has 1 unspecified atom stereocenters. The van der Waals surface area contributed by atoms with E-state index in [1.54, 1.807) is 6.07 Å². The minimum absolute atomic E-state index is 0.100. The molecule has 1 aromatic carbocycles. The van der Waals surface area contributed by atoms with Gasteiger partial charge in [-0.3, -0.25) is 10.1 Å². The Balaban J connectivity index is 2.83. The molecule has 0 heterocycles. The van der Waals surface area contributed by atoms with Gasteiger partial charge in [-0.25, -0.2) is 4.79 Å². The highest BCUT2D eigenvalue weighted by Crippen LogP contribution is 2.17. The maximum Gasteiger partial charge on any atom is 0.330 e. The van der Waals surface area contributed by atoms with Crippen LogP contribution in [-0.2, 0) is 9.53 Å². The zero-order valence-corrected chi connectivity index (χ0v) is 9.12. The molecule has 0 aliphatic carbocycles. The molecule has 0 aliphatic heterocycles. The van der Waals surface area contributed by atoms with E-state index in [4.69, 9.17) is 5.11 Å². The van der Waals surface area contributed by atoms with Crippen LogP contribution in [0.25, 0.3) is 0 Å². The van der Waals surface area contributed by atoms with Crippen LogP contribution in [0.2, 0.25) is 0 Å². The SMILES string of the molecule is COC(=O)C(CO)Nc1cccc([N+](=O)[O-])c1. The van der Waals surface area contributed by atoms with E-state index in [0.29, 0.717) is 5.69 Å². The topological polar surface area (TPSA) is 102 Å². The second-order valence-electron chi connectivity index (χ2n) is 3.21. The summed E-state index contributed by atoms with van der Waals surface area (Å²) in [6.07, 6.45) is 0. The fourth-order valence-corrected chi connectivity index (χ4v) is 1.23. The van der Waals surface area contributed by atoms with E-state index in [1.807, 2.05) is 0 Å². The maximum atomic E-state index is 11.2. The number of benzene rings is 1. The van der Waals surface area contributed by atoms with E-state index in [1.165, 1.54) is 25.3 Å². The van der Waals surface area contributed by atoms with Crippen LogP contribution in [0.4, 0.5) is 11.4 Å². The number of non-ortho nitro benzene ring substituents is 1. The molecule has 0 saturated heterocycles. The van der Waals surface area contributed by atoms with Gasteiger partial charge in [-0.1, -0.05) is 6.07 Å². The molecule has 92 valence electrons. The van der Waals surface area contributed by atoms with E-state index >= 15 is 0 Å². The molecule has 1 aromatic rings. The maximum absolute atomic E-state index is 11.2. The number of rotatable bonds is 5. The number of hydrogen-bond donors (Lipinski definition) is 2. The van der Waals surface area contributed by atoms with Crippen LogP contribution in [0.15, 0.2) is 24.3 Å². The average molecular weight is 240 g/mol. The quantitative estimate of drug-likeness (QED) is 0.442. The fraction of sp³-hybridized carbons (Fsp3) is 0.300. The Bertz CT molecular complexity index is 421. The smallest absolute Gasteiger partial charge is 0.330 e. The zero-order valence-electron chi connectivity index (χ0n) is 9.12. The van der Waals surface area contributed by atoms with Crippen molar-refractivity contribution in [2.45, 2.75) is 6.04 Å². The number of nitrogens with zero attached hydrogens (tertiary/aromatic N) is 1. The van der Waals surface area contributed by atoms with Crippen molar-refractivity contribution in [1.82, 2.24) is 0 Å². The Labute approximate surface area is 97.2 Å². The van der Waals surface area contributed by atoms with E-state index in [9.17, 15) is 14.9 Å². The first kappa shape index (κ1) is 12.9. The largest absolute Gasteiger partial charge is 0.467 e. The van der Waals surface area contributed by atoms with Crippen molar-refractivity contribution in [2.75, 3.05) is 19.0 Å². The minimum atomic E-state index is -0.943. The van der Waals surface area contributed by atoms with Crippen LogP contribution in [0, 0.1) is 10.1 Å². The predicted molar refractivity (Wildman–Crippen MR) is 59.6 cm³/mol. The van der Waals surface area contributed by atoms with Crippen molar-refractivity contribution < 1.29 is 19.6 Å². The number of carbonyl (C=O) groups is 1. The second-order valence-corrected chi connectivity index (χ2v) is 3.21. The summed E-state index contributed by atoms with van der Waals surface area (Å²) >= 11 is 0. The van der Waals surface area contributed by atoms with Gasteiger partial charge in [0.15, 0.2) is 0 Å². The third kappa shape index (κ3) is 3.42. The Morgan fingerprint density at radius 1 is 1.65 bits per heavy atom. The first-order chi connectivity index (χ1) is 8.08. The number of esters is 1. The molecule has 2 N–H and O–H groups in total. The molecule has 0 saturated carbocycles. The molecule has 0 radical (unpaired) electrons. The number of nitro groups is 1. The average Bonchev–Trinajstić information content (AvgIpc) is 2.35. The summed E-state index contributed by atoms with van der Waals surface area (Å²) in [4.78, 5) is 21.2. The Kier molecular flexibility index (Phi) is 4.41. The number of methoxy groups -OCH3 is 1. The van der Waals surface area contributed by atoms with E-state index in [0.717, 1.165) is 0 Å². The molecule has 0 bridgehead atoms. The van der Waals surface area contributed by atoms with E-state index in [2.05, 4.69) is 10.1 Å². The zero-order chi connectivity index (χ0) is 12.8. The van der Waals surface area contributed by atoms with Crippen molar-refractivity contribution in [3.05, 3.63) is 34.4 Å². The first-order valence-corrected chi connectivity index (χ1v) is 4.78. The van der Waals surface area contributed by atoms with Gasteiger partial charge < -0.3 is 15.2 Å². The lowest BCUT2D eigenvalue weighted by Crippen LogP contribution is -2.34. The van der Waals surface area contributed by atoms with E-state index < -0.39 is 23.5 Å². The summed E-state index contributed by atoms with van der Waals surface area (Å²) in [5, 5.41) is 22.2. The van der Waals surface area contributed by atoms with Gasteiger partial charge in [0.1, 0.15) is 6.04 Å². The first-order valence-electron chi connectivity index (χ1n) is 4.78. The van der Waals surface area contributed by atoms with Gasteiger partial charge >= 0.3 is 5.97 Å². The molecule has 1 rings (SSSR count). The van der Waals surface area contributed by atoms with Gasteiger partial charge in [-0.2, -0.15) is 0 Å². The number of aliphatic hydroxyl groups is 1. The lowest BCUT2D eigenvalue weighted by molar-refractivity contribution is -0.384. The molecular formula is C10H12N2O5. The molecule has 0 aromatic heterocycles. The van der Waals surface area contributed by atoms with Crippen molar-refractivity contribution in [3.8, 4) is 0 Å². The number of hydrogen-bond acceptors (Lipinski definition) is 6. The highest BCUT2D eigenvalue weighted by Gasteiger charge is 2.18. The normalized spacial score (nSPS) is 11.6. The Hall–Kier alpha value is -2.15. The molecule has 0 aliphatic rings. The van der Waals surface area contributed by atoms with Gasteiger partial charge in [0.2, 0.25) is 0 Å². The summed E-state index contributed by atoms with van der Waals surface area (Å²) in [7, 11) is 1.19. The lowest BCUT2D eigenvalue weighted by atomic mass is 10.2. The molecule has 0 amide bonds. The predicted octanol–water partition coefficient (Wildman–Crippen LogP) is 0.541. The van der Waals surface area contributed by atoms with Crippen LogP contribution >= 0.6 is 0 Å². The molecule has 17 heavy (non-hydrogen) atoms. The summed E-state index contributed by atoms with van der Waals surface area (Å²) in [6.45, 7) is -0.463. The van der Waals surface area contributed by atoms with Gasteiger partial charge in [0.05, 0.1) is 18.6 Å². The summed E-state index contributed by atoms with van der Waals surface area (Å²) in [5.41, 5.74) is 0.264. The summed E-state index contributed by atoms with van der Waals surface area (Å²) in [6, 6.07) is 4.69. The van der Waals surface area contributed by atoms with Crippen LogP contribution in [-0.4, -0.2) is 35.8 Å². The van der Waals surface area contributed by atoms with Gasteiger partial charge in [-0.15, -0.1) is 0 Å². The van der Waals surface area contributed by atoms with Crippen LogP contribution in [0.5, 0.6) is 0 Å². The fourth-order valence-electron chi connectivity index (χ4n) is 1.23. The third-order valence-corrected chi connectivity index (χ3v) is 2.07. The van der Waals surface area contributed by atoms with Gasteiger partial charge in [-0.05, 0) is 6.07 Å². The van der Waals surface area contributed by atoms with Crippen molar-refractivity contribution in [3.63, 3.8) is 0 Å². The minimum Gasteiger partial charge on any atom is -0.467 e. The number of nitro benzene ring substituents is 1. The molecule has 1 atom stereocenters. The monoisotopic (exact) mass is 240 g/mol. The molecule has 0 spiro atoms. The van der Waals surface area contributed by atoms with Crippen molar-refractivity contribution >= 4 is 17.3 Å². The van der Waals surface area contributed by atoms with Crippen LogP contribution in [0.3, 0.4) is 0 Å². The molecule has 7 heteroatoms. The summed E-state index contributed by atoms with van der Waals surface area (Å²) in [5.74, 6) is -0.640. The van der Waals surface area contributed by atoms with E-state index in [-0.39, 0.29) is 5.69 Å². The van der Waals surface area contributed by atoms with Crippen molar-refractivity contribution in [1.29, 1.82) is 0 Å². The lowest BCUT2D eigenvalue weighted by Gasteiger charge is -2.14. The standard InChI is InChI=1S/C10H12N2O5/c1-17-10(14)9(6-13)11-7-3-2-4-8(5-7)12(15)16/h2-5,9,11,13H,6H2,1H3. The number of ether oxygens (including phenoxy) is 1. The Morgan fingerprint density at radius 3 is 2.88 bits per heavy atom. The number of anilines is 1.